The molecule has 1 amide bonds. The molecule has 4 rings (SSSR count). The molecule has 0 aliphatic carbocycles. The molecule has 0 fully saturated rings. The number of pyridine rings is 1. The molecule has 138 valence electrons. The van der Waals surface area contributed by atoms with Gasteiger partial charge in [0.1, 0.15) is 10.7 Å². The minimum Gasteiger partial charge on any atom is -0.504 e. The van der Waals surface area contributed by atoms with Gasteiger partial charge in [-0.05, 0) is 24.3 Å². The highest BCUT2D eigenvalue weighted by molar-refractivity contribution is 7.89. The number of hydrogen-bond acceptors (Lipinski definition) is 6. The third-order valence-electron chi connectivity index (χ3n) is 4.12. The number of thiophene rings is 1. The van der Waals surface area contributed by atoms with Crippen LogP contribution in [0.2, 0.25) is 4.34 Å². The second-order valence-electron chi connectivity index (χ2n) is 5.76. The Morgan fingerprint density at radius 2 is 2.00 bits per heavy atom. The van der Waals surface area contributed by atoms with Crippen molar-refractivity contribution in [3.05, 3.63) is 57.4 Å². The monoisotopic (exact) mass is 421 g/mol. The number of hydrogen-bond donors (Lipinski definition) is 2. The van der Waals surface area contributed by atoms with Gasteiger partial charge in [-0.25, -0.2) is 13.4 Å². The molecule has 1 aromatic carbocycles. The summed E-state index contributed by atoms with van der Waals surface area (Å²) in [6.07, 6.45) is 0. The zero-order valence-corrected chi connectivity index (χ0v) is 16.2. The van der Waals surface area contributed by atoms with E-state index in [1.54, 1.807) is 18.2 Å². The summed E-state index contributed by atoms with van der Waals surface area (Å²) in [5.74, 6) is -1.01. The van der Waals surface area contributed by atoms with Crippen molar-refractivity contribution in [3.8, 4) is 0 Å². The van der Waals surface area contributed by atoms with Gasteiger partial charge in [-0.15, -0.1) is 11.3 Å². The molecule has 2 aromatic heterocycles. The van der Waals surface area contributed by atoms with Crippen molar-refractivity contribution in [2.24, 2.45) is 0 Å². The lowest BCUT2D eigenvalue weighted by Crippen LogP contribution is -2.36. The molecule has 0 saturated heterocycles. The minimum atomic E-state index is -3.99. The van der Waals surface area contributed by atoms with Crippen LogP contribution in [0.25, 0.3) is 16.7 Å². The Morgan fingerprint density at radius 1 is 1.26 bits per heavy atom. The van der Waals surface area contributed by atoms with E-state index in [2.05, 4.69) is 10.3 Å². The van der Waals surface area contributed by atoms with Crippen LogP contribution < -0.4 is 5.32 Å². The lowest BCUT2D eigenvalue weighted by molar-refractivity contribution is -0.113. The quantitative estimate of drug-likeness (QED) is 0.660. The Hall–Kier alpha value is -2.62. The lowest BCUT2D eigenvalue weighted by Gasteiger charge is -2.26. The van der Waals surface area contributed by atoms with Gasteiger partial charge in [-0.2, -0.15) is 0 Å². The third kappa shape index (κ3) is 2.84. The minimum absolute atomic E-state index is 0.0368. The van der Waals surface area contributed by atoms with Crippen molar-refractivity contribution < 1.29 is 18.3 Å². The number of nitrogens with one attached hydrogen (secondary N) is 1. The number of rotatable bonds is 2. The third-order valence-corrected chi connectivity index (χ3v) is 7.30. The van der Waals surface area contributed by atoms with Crippen LogP contribution in [-0.4, -0.2) is 35.8 Å². The summed E-state index contributed by atoms with van der Waals surface area (Å²) in [6, 6.07) is 12.0. The number of likely N-dealkylation sites (N-methyl/N-ethyl adjacent to an activating group) is 1. The first-order chi connectivity index (χ1) is 12.8. The predicted molar refractivity (Wildman–Crippen MR) is 104 cm³/mol. The van der Waals surface area contributed by atoms with Gasteiger partial charge >= 0.3 is 0 Å². The van der Waals surface area contributed by atoms with E-state index >= 15 is 0 Å². The van der Waals surface area contributed by atoms with Gasteiger partial charge in [-0.1, -0.05) is 29.8 Å². The summed E-state index contributed by atoms with van der Waals surface area (Å²) in [7, 11) is -2.80. The molecular formula is C17H12ClN3O4S2. The summed E-state index contributed by atoms with van der Waals surface area (Å²) in [6.45, 7) is 0. The molecule has 3 aromatic rings. The van der Waals surface area contributed by atoms with Crippen molar-refractivity contribution in [3.63, 3.8) is 0 Å². The number of benzene rings is 1. The Kier molecular flexibility index (Phi) is 4.10. The number of sulfonamides is 1. The molecule has 0 saturated carbocycles. The van der Waals surface area contributed by atoms with Gasteiger partial charge in [0.15, 0.2) is 11.5 Å². The van der Waals surface area contributed by atoms with E-state index in [9.17, 15) is 18.3 Å². The topological polar surface area (TPSA) is 99.6 Å². The standard InChI is InChI=1S/C17H12ClN3O4S2/c1-21-14(15(22)16-11(27(21,24)25)8-12(18)26-16)17(23)20-13-7-6-9-4-2-3-5-10(9)19-13/h2-8,22H,1H3,(H,19,20,23). The van der Waals surface area contributed by atoms with E-state index in [-0.39, 0.29) is 19.9 Å². The molecule has 0 radical (unpaired) electrons. The Labute approximate surface area is 163 Å². The molecule has 1 aliphatic rings. The van der Waals surface area contributed by atoms with Crippen LogP contribution in [0.4, 0.5) is 5.82 Å². The Morgan fingerprint density at radius 3 is 2.78 bits per heavy atom. The first-order valence-corrected chi connectivity index (χ1v) is 10.3. The molecule has 2 N–H and O–H groups in total. The van der Waals surface area contributed by atoms with E-state index in [1.807, 2.05) is 18.2 Å². The van der Waals surface area contributed by atoms with Gasteiger partial charge in [0, 0.05) is 12.4 Å². The maximum Gasteiger partial charge on any atom is 0.278 e. The number of fused-ring (bicyclic) bond motifs is 2. The van der Waals surface area contributed by atoms with Gasteiger partial charge in [0.25, 0.3) is 15.9 Å². The van der Waals surface area contributed by atoms with E-state index in [4.69, 9.17) is 11.6 Å². The van der Waals surface area contributed by atoms with Gasteiger partial charge in [0.05, 0.1) is 14.7 Å². The van der Waals surface area contributed by atoms with E-state index < -0.39 is 27.4 Å². The van der Waals surface area contributed by atoms with Crippen LogP contribution in [-0.2, 0) is 14.8 Å². The van der Waals surface area contributed by atoms with Gasteiger partial charge in [0.2, 0.25) is 0 Å². The van der Waals surface area contributed by atoms with Crippen LogP contribution in [0.15, 0.2) is 53.1 Å². The number of aliphatic hydroxyl groups excluding tert-OH is 1. The van der Waals surface area contributed by atoms with Gasteiger partial charge < -0.3 is 10.4 Å². The molecular weight excluding hydrogens is 410 g/mol. The largest absolute Gasteiger partial charge is 0.504 e. The van der Waals surface area contributed by atoms with Crippen molar-refractivity contribution in [1.29, 1.82) is 0 Å². The zero-order chi connectivity index (χ0) is 19.3. The van der Waals surface area contributed by atoms with Crippen LogP contribution in [0, 0.1) is 0 Å². The summed E-state index contributed by atoms with van der Waals surface area (Å²) in [4.78, 5) is 17.0. The number of nitrogens with zero attached hydrogens (tertiary/aromatic N) is 2. The number of carbonyl (C=O) groups is 1. The smallest absolute Gasteiger partial charge is 0.278 e. The molecule has 3 heterocycles. The number of halogens is 1. The Bertz CT molecular complexity index is 1230. The number of aliphatic hydroxyl groups is 1. The maximum absolute atomic E-state index is 12.7. The predicted octanol–water partition coefficient (Wildman–Crippen LogP) is 3.45. The average molecular weight is 422 g/mol. The van der Waals surface area contributed by atoms with Crippen molar-refractivity contribution in [1.82, 2.24) is 9.29 Å². The second kappa shape index (κ2) is 6.22. The van der Waals surface area contributed by atoms with E-state index in [0.717, 1.165) is 21.0 Å². The second-order valence-corrected chi connectivity index (χ2v) is 9.38. The number of amides is 1. The highest BCUT2D eigenvalue weighted by Gasteiger charge is 2.39. The summed E-state index contributed by atoms with van der Waals surface area (Å²) >= 11 is 6.78. The van der Waals surface area contributed by atoms with E-state index in [1.165, 1.54) is 13.1 Å². The zero-order valence-electron chi connectivity index (χ0n) is 13.8. The summed E-state index contributed by atoms with van der Waals surface area (Å²) in [5.41, 5.74) is 0.279. The number of carbonyl (C=O) groups excluding carboxylic acids is 1. The molecule has 27 heavy (non-hydrogen) atoms. The number of anilines is 1. The molecule has 0 atom stereocenters. The first-order valence-electron chi connectivity index (χ1n) is 7.68. The fourth-order valence-corrected chi connectivity index (χ4v) is 5.74. The fraction of sp³-hybridized carbons (Fsp3) is 0.0588. The van der Waals surface area contributed by atoms with E-state index in [0.29, 0.717) is 5.52 Å². The van der Waals surface area contributed by atoms with Gasteiger partial charge in [-0.3, -0.25) is 9.10 Å². The van der Waals surface area contributed by atoms with Crippen LogP contribution >= 0.6 is 22.9 Å². The molecule has 0 spiro atoms. The Balaban J connectivity index is 1.75. The van der Waals surface area contributed by atoms with Crippen molar-refractivity contribution >= 4 is 61.3 Å². The normalized spacial score (nSPS) is 15.7. The van der Waals surface area contributed by atoms with Crippen LogP contribution in [0.3, 0.4) is 0 Å². The fourth-order valence-electron chi connectivity index (χ4n) is 2.79. The van der Waals surface area contributed by atoms with Crippen molar-refractivity contribution in [2.45, 2.75) is 4.90 Å². The summed E-state index contributed by atoms with van der Waals surface area (Å²) in [5, 5.41) is 13.9. The highest BCUT2D eigenvalue weighted by atomic mass is 35.5. The lowest BCUT2D eigenvalue weighted by atomic mass is 10.2. The molecule has 10 heteroatoms. The number of aromatic nitrogens is 1. The summed E-state index contributed by atoms with van der Waals surface area (Å²) < 4.78 is 26.2. The molecule has 1 aliphatic heterocycles. The molecule has 7 nitrogen and oxygen atoms in total. The molecule has 0 unspecified atom stereocenters. The van der Waals surface area contributed by atoms with Crippen LogP contribution in [0.1, 0.15) is 4.88 Å². The average Bonchev–Trinajstić information content (AvgIpc) is 3.03. The van der Waals surface area contributed by atoms with Crippen molar-refractivity contribution in [2.75, 3.05) is 12.4 Å². The highest BCUT2D eigenvalue weighted by Crippen LogP contribution is 2.41. The SMILES string of the molecule is CN1C(C(=O)Nc2ccc3ccccc3n2)=C(O)c2sc(Cl)cc2S1(=O)=O. The molecule has 0 bridgehead atoms. The van der Waals surface area contributed by atoms with Crippen LogP contribution in [0.5, 0.6) is 0 Å². The number of para-hydroxylation sites is 1. The maximum atomic E-state index is 12.7. The first kappa shape index (κ1) is 17.8.